The van der Waals surface area contributed by atoms with Crippen LogP contribution in [-0.2, 0) is 23.9 Å². The summed E-state index contributed by atoms with van der Waals surface area (Å²) in [6, 6.07) is -0.822. The van der Waals surface area contributed by atoms with Gasteiger partial charge in [0.05, 0.1) is 13.2 Å². The molecule has 0 heterocycles. The van der Waals surface area contributed by atoms with Crippen LogP contribution in [0.4, 0.5) is 0 Å². The van der Waals surface area contributed by atoms with Crippen molar-refractivity contribution in [3.8, 4) is 0 Å². The molecule has 0 aromatic carbocycles. The van der Waals surface area contributed by atoms with Gasteiger partial charge >= 0.3 is 11.9 Å². The molecule has 0 radical (unpaired) electrons. The number of hydrogen-bond donors (Lipinski definition) is 1. The third-order valence-corrected chi connectivity index (χ3v) is 13.6. The van der Waals surface area contributed by atoms with Crippen molar-refractivity contribution < 1.29 is 23.9 Å². The molecule has 0 saturated carbocycles. The average Bonchev–Trinajstić information content (AvgIpc) is 3.28. The zero-order valence-corrected chi connectivity index (χ0v) is 43.3. The Kier molecular flexibility index (Phi) is 48.6. The van der Waals surface area contributed by atoms with Crippen LogP contribution in [-0.4, -0.2) is 37.1 Å². The van der Waals surface area contributed by atoms with Crippen molar-refractivity contribution in [2.45, 2.75) is 323 Å². The Labute approximate surface area is 393 Å². The molecule has 2 unspecified atom stereocenters. The molecule has 1 N–H and O–H groups in total. The lowest BCUT2D eigenvalue weighted by molar-refractivity contribution is -0.150. The first-order valence-electron chi connectivity index (χ1n) is 28.5. The number of unbranched alkanes of at least 4 members (excludes halogenated alkanes) is 32. The molecule has 1 amide bonds. The maximum absolute atomic E-state index is 13.8. The van der Waals surface area contributed by atoms with Crippen molar-refractivity contribution >= 4 is 17.8 Å². The second-order valence-corrected chi connectivity index (χ2v) is 19.9. The van der Waals surface area contributed by atoms with Crippen LogP contribution < -0.4 is 5.32 Å². The molecule has 0 rings (SSSR count). The molecule has 0 saturated heterocycles. The van der Waals surface area contributed by atoms with Crippen molar-refractivity contribution in [3.05, 3.63) is 0 Å². The van der Waals surface area contributed by atoms with Gasteiger partial charge in [0.25, 0.3) is 0 Å². The fourth-order valence-electron chi connectivity index (χ4n) is 9.14. The van der Waals surface area contributed by atoms with Crippen molar-refractivity contribution in [1.82, 2.24) is 5.32 Å². The first-order valence-corrected chi connectivity index (χ1v) is 28.5. The Morgan fingerprint density at radius 1 is 0.333 bits per heavy atom. The SMILES string of the molecule is CCCCCCCCCCCC(=O)N[C@H](CCC(=O)OCC(CCCCCCCC)CCCCCCCCCC)C(=O)OCC(CCCCCCCC)CCCCCCCCCC. The molecule has 6 nitrogen and oxygen atoms in total. The second-order valence-electron chi connectivity index (χ2n) is 19.9. The van der Waals surface area contributed by atoms with Crippen LogP contribution in [0.5, 0.6) is 0 Å². The van der Waals surface area contributed by atoms with Crippen LogP contribution in [0.1, 0.15) is 317 Å². The lowest BCUT2D eigenvalue weighted by atomic mass is 9.94. The molecular formula is C57H111NO5. The number of amides is 1. The Morgan fingerprint density at radius 3 is 0.952 bits per heavy atom. The number of rotatable bonds is 51. The quantitative estimate of drug-likeness (QED) is 0.0486. The van der Waals surface area contributed by atoms with Gasteiger partial charge in [0.15, 0.2) is 0 Å². The zero-order valence-electron chi connectivity index (χ0n) is 43.3. The predicted octanol–water partition coefficient (Wildman–Crippen LogP) is 18.1. The Morgan fingerprint density at radius 2 is 0.619 bits per heavy atom. The minimum absolute atomic E-state index is 0.110. The van der Waals surface area contributed by atoms with Gasteiger partial charge in [0.2, 0.25) is 5.91 Å². The van der Waals surface area contributed by atoms with Crippen LogP contribution >= 0.6 is 0 Å². The summed E-state index contributed by atoms with van der Waals surface area (Å²) in [5, 5.41) is 3.02. The number of hydrogen-bond acceptors (Lipinski definition) is 5. The summed E-state index contributed by atoms with van der Waals surface area (Å²) in [5.74, 6) is -0.0294. The average molecular weight is 891 g/mol. The third kappa shape index (κ3) is 44.0. The first-order chi connectivity index (χ1) is 30.9. The highest BCUT2D eigenvalue weighted by molar-refractivity contribution is 5.85. The smallest absolute Gasteiger partial charge is 0.328 e. The highest BCUT2D eigenvalue weighted by Gasteiger charge is 2.25. The van der Waals surface area contributed by atoms with E-state index < -0.39 is 6.04 Å². The van der Waals surface area contributed by atoms with Crippen molar-refractivity contribution in [3.63, 3.8) is 0 Å². The predicted molar refractivity (Wildman–Crippen MR) is 272 cm³/mol. The standard InChI is InChI=1S/C57H111NO5/c1-6-11-16-21-26-29-32-37-42-47-55(59)58-54(57(61)63-51-53(45-39-34-25-20-15-10-5)46-41-36-31-28-23-18-13-8-3)48-49-56(60)62-50-52(43-38-33-24-19-14-9-4)44-40-35-30-27-22-17-12-7-2/h52-54H,6-51H2,1-5H3,(H,58,59)/t52?,53?,54-/m1/s1. The van der Waals surface area contributed by atoms with E-state index in [0.29, 0.717) is 31.5 Å². The van der Waals surface area contributed by atoms with E-state index in [0.717, 1.165) is 44.9 Å². The van der Waals surface area contributed by atoms with Crippen molar-refractivity contribution in [2.24, 2.45) is 11.8 Å². The molecule has 0 aliphatic heterocycles. The van der Waals surface area contributed by atoms with E-state index >= 15 is 0 Å². The number of esters is 2. The van der Waals surface area contributed by atoms with Crippen LogP contribution in [0.25, 0.3) is 0 Å². The summed E-state index contributed by atoms with van der Waals surface area (Å²) < 4.78 is 12.0. The summed E-state index contributed by atoms with van der Waals surface area (Å²) in [5.41, 5.74) is 0. The summed E-state index contributed by atoms with van der Waals surface area (Å²) >= 11 is 0. The Balaban J connectivity index is 5.41. The van der Waals surface area contributed by atoms with Gasteiger partial charge in [0, 0.05) is 12.8 Å². The van der Waals surface area contributed by atoms with Crippen LogP contribution in [0.2, 0.25) is 0 Å². The summed E-state index contributed by atoms with van der Waals surface area (Å²) in [7, 11) is 0. The fraction of sp³-hybridized carbons (Fsp3) is 0.947. The topological polar surface area (TPSA) is 81.7 Å². The minimum atomic E-state index is -0.822. The van der Waals surface area contributed by atoms with E-state index in [1.807, 2.05) is 0 Å². The van der Waals surface area contributed by atoms with Gasteiger partial charge in [-0.05, 0) is 50.4 Å². The highest BCUT2D eigenvalue weighted by atomic mass is 16.5. The van der Waals surface area contributed by atoms with Gasteiger partial charge in [0.1, 0.15) is 6.04 Å². The zero-order chi connectivity index (χ0) is 46.1. The number of ether oxygens (including phenoxy) is 2. The lowest BCUT2D eigenvalue weighted by Crippen LogP contribution is -2.42. The largest absolute Gasteiger partial charge is 0.465 e. The molecular weight excluding hydrogens is 779 g/mol. The fourth-order valence-corrected chi connectivity index (χ4v) is 9.14. The van der Waals surface area contributed by atoms with E-state index in [1.54, 1.807) is 0 Å². The molecule has 374 valence electrons. The molecule has 0 aromatic rings. The van der Waals surface area contributed by atoms with E-state index in [9.17, 15) is 14.4 Å². The molecule has 0 spiro atoms. The third-order valence-electron chi connectivity index (χ3n) is 13.6. The molecule has 0 aromatic heterocycles. The summed E-state index contributed by atoms with van der Waals surface area (Å²) in [6.45, 7) is 12.2. The molecule has 0 aliphatic rings. The number of nitrogens with one attached hydrogen (secondary N) is 1. The van der Waals surface area contributed by atoms with Gasteiger partial charge < -0.3 is 14.8 Å². The normalized spacial score (nSPS) is 12.9. The Hall–Kier alpha value is -1.59. The van der Waals surface area contributed by atoms with Gasteiger partial charge in [-0.1, -0.05) is 266 Å². The molecule has 3 atom stereocenters. The molecule has 0 fully saturated rings. The van der Waals surface area contributed by atoms with Crippen molar-refractivity contribution in [1.29, 1.82) is 0 Å². The molecule has 0 bridgehead atoms. The monoisotopic (exact) mass is 890 g/mol. The molecule has 6 heteroatoms. The number of carbonyl (C=O) groups is 3. The van der Waals surface area contributed by atoms with Gasteiger partial charge in [-0.3, -0.25) is 9.59 Å². The van der Waals surface area contributed by atoms with E-state index in [1.165, 1.54) is 218 Å². The van der Waals surface area contributed by atoms with Gasteiger partial charge in [-0.25, -0.2) is 4.79 Å². The van der Waals surface area contributed by atoms with Crippen molar-refractivity contribution in [2.75, 3.05) is 13.2 Å². The maximum Gasteiger partial charge on any atom is 0.328 e. The summed E-state index contributed by atoms with van der Waals surface area (Å²) in [4.78, 5) is 40.4. The van der Waals surface area contributed by atoms with E-state index in [2.05, 4.69) is 39.9 Å². The maximum atomic E-state index is 13.8. The second kappa shape index (κ2) is 49.8. The highest BCUT2D eigenvalue weighted by Crippen LogP contribution is 2.23. The van der Waals surface area contributed by atoms with Gasteiger partial charge in [-0.2, -0.15) is 0 Å². The van der Waals surface area contributed by atoms with E-state index in [-0.39, 0.29) is 30.7 Å². The summed E-state index contributed by atoms with van der Waals surface area (Å²) in [6.07, 6.45) is 51.8. The molecule has 63 heavy (non-hydrogen) atoms. The van der Waals surface area contributed by atoms with Crippen LogP contribution in [0.3, 0.4) is 0 Å². The van der Waals surface area contributed by atoms with Gasteiger partial charge in [-0.15, -0.1) is 0 Å². The molecule has 0 aliphatic carbocycles. The lowest BCUT2D eigenvalue weighted by Gasteiger charge is -2.21. The first kappa shape index (κ1) is 61.4. The van der Waals surface area contributed by atoms with Crippen LogP contribution in [0, 0.1) is 11.8 Å². The van der Waals surface area contributed by atoms with E-state index in [4.69, 9.17) is 9.47 Å². The Bertz CT molecular complexity index is 970. The van der Waals surface area contributed by atoms with Crippen LogP contribution in [0.15, 0.2) is 0 Å². The minimum Gasteiger partial charge on any atom is -0.465 e. The number of carbonyl (C=O) groups excluding carboxylic acids is 3.